The van der Waals surface area contributed by atoms with Crippen LogP contribution in [0.1, 0.15) is 0 Å². The standard InChI is InChI=1S/C5ClF4N.2HI.V/c6-4-2(8)1(7)3(9)5(10)11-4;;;/h;2*1H;/q;;;+2/p-2. The van der Waals surface area contributed by atoms with Crippen LogP contribution < -0.4 is 0 Å². The minimum absolute atomic E-state index is 0.628. The Balaban J connectivity index is 0.000000500. The summed E-state index contributed by atoms with van der Waals surface area (Å²) in [7, 11) is 0.628. The molecule has 0 atom stereocenters. The molecule has 0 aliphatic rings. The van der Waals surface area contributed by atoms with Gasteiger partial charge in [-0.1, -0.05) is 11.6 Å². The molecule has 1 aromatic heterocycles. The van der Waals surface area contributed by atoms with E-state index in [2.05, 4.69) is 44.9 Å². The first-order chi connectivity index (χ1) is 6.45. The maximum atomic E-state index is 12.2. The molecule has 1 rings (SSSR count). The molecule has 0 amide bonds. The SMILES string of the molecule is Fc1nc(Cl)c(F)c(F)c1F.[I][V][I]. The molecule has 9 heteroatoms. The molecular formula is C5ClF4I2NV. The summed E-state index contributed by atoms with van der Waals surface area (Å²) in [5.74, 6) is -7.37. The summed E-state index contributed by atoms with van der Waals surface area (Å²) >= 11 is 9.60. The van der Waals surface area contributed by atoms with Gasteiger partial charge in [0.15, 0.2) is 11.0 Å². The fourth-order valence-corrected chi connectivity index (χ4v) is 0.619. The monoisotopic (exact) mass is 490 g/mol. The van der Waals surface area contributed by atoms with Gasteiger partial charge < -0.3 is 0 Å². The first-order valence-corrected chi connectivity index (χ1v) is 12.1. The summed E-state index contributed by atoms with van der Waals surface area (Å²) in [4.78, 5) is 2.54. The third-order valence-electron chi connectivity index (χ3n) is 0.944. The normalized spacial score (nSPS) is 9.07. The number of pyridine rings is 1. The van der Waals surface area contributed by atoms with Crippen molar-refractivity contribution in [1.29, 1.82) is 0 Å². The van der Waals surface area contributed by atoms with E-state index in [1.54, 1.807) is 0 Å². The minimum atomic E-state index is -1.97. The molecule has 14 heavy (non-hydrogen) atoms. The quantitative estimate of drug-likeness (QED) is 0.304. The predicted octanol–water partition coefficient (Wildman–Crippen LogP) is 4.06. The van der Waals surface area contributed by atoms with E-state index in [0.29, 0.717) is 9.47 Å². The summed E-state index contributed by atoms with van der Waals surface area (Å²) in [6.07, 6.45) is 0. The van der Waals surface area contributed by atoms with Crippen LogP contribution >= 0.6 is 51.6 Å². The Morgan fingerprint density at radius 1 is 1.00 bits per heavy atom. The van der Waals surface area contributed by atoms with Crippen molar-refractivity contribution < 1.29 is 27.0 Å². The molecule has 0 aliphatic carbocycles. The van der Waals surface area contributed by atoms with Crippen molar-refractivity contribution in [3.63, 3.8) is 0 Å². The second-order valence-corrected chi connectivity index (χ2v) is 13.8. The van der Waals surface area contributed by atoms with Gasteiger partial charge in [-0.05, 0) is 0 Å². The zero-order chi connectivity index (χ0) is 11.3. The third-order valence-corrected chi connectivity index (χ3v) is 1.19. The topological polar surface area (TPSA) is 12.9 Å². The van der Waals surface area contributed by atoms with Crippen LogP contribution in [0, 0.1) is 23.4 Å². The van der Waals surface area contributed by atoms with Crippen LogP contribution in [0.5, 0.6) is 0 Å². The van der Waals surface area contributed by atoms with Gasteiger partial charge in [0.2, 0.25) is 11.6 Å². The van der Waals surface area contributed by atoms with Crippen LogP contribution in [0.4, 0.5) is 17.6 Å². The maximum absolute atomic E-state index is 12.2. The van der Waals surface area contributed by atoms with E-state index in [-0.39, 0.29) is 0 Å². The fraction of sp³-hybridized carbons (Fsp3) is 0. The molecule has 0 saturated heterocycles. The zero-order valence-corrected chi connectivity index (χ0v) is 12.5. The molecule has 0 N–H and O–H groups in total. The summed E-state index contributed by atoms with van der Waals surface area (Å²) in [6.45, 7) is 0. The van der Waals surface area contributed by atoms with Crippen LogP contribution in [0.25, 0.3) is 0 Å². The van der Waals surface area contributed by atoms with Crippen LogP contribution in [0.2, 0.25) is 5.15 Å². The van der Waals surface area contributed by atoms with E-state index < -0.39 is 28.6 Å². The van der Waals surface area contributed by atoms with E-state index in [4.69, 9.17) is 11.6 Å². The molecule has 79 valence electrons. The molecule has 1 nitrogen and oxygen atoms in total. The number of halogens is 7. The van der Waals surface area contributed by atoms with E-state index in [9.17, 15) is 17.6 Å². The molecule has 1 heterocycles. The fourth-order valence-electron chi connectivity index (χ4n) is 0.462. The summed E-state index contributed by atoms with van der Waals surface area (Å²) in [5, 5.41) is -1.03. The van der Waals surface area contributed by atoms with Gasteiger partial charge in [0.25, 0.3) is 5.95 Å². The van der Waals surface area contributed by atoms with E-state index in [1.165, 1.54) is 0 Å². The van der Waals surface area contributed by atoms with Gasteiger partial charge in [0.1, 0.15) is 0 Å². The van der Waals surface area contributed by atoms with Crippen molar-refractivity contribution in [2.75, 3.05) is 0 Å². The Hall–Kier alpha value is 1.20. The van der Waals surface area contributed by atoms with Gasteiger partial charge in [-0.2, -0.15) is 8.78 Å². The molecule has 0 bridgehead atoms. The van der Waals surface area contributed by atoms with Gasteiger partial charge in [0.05, 0.1) is 0 Å². The first kappa shape index (κ1) is 15.2. The number of rotatable bonds is 0. The second-order valence-electron chi connectivity index (χ2n) is 1.70. The Morgan fingerprint density at radius 2 is 1.43 bits per heavy atom. The third kappa shape index (κ3) is 4.37. The Bertz CT molecular complexity index is 301. The molecule has 1 aromatic rings. The molecule has 0 aromatic carbocycles. The van der Waals surface area contributed by atoms with Gasteiger partial charge in [-0.3, -0.25) is 0 Å². The van der Waals surface area contributed by atoms with Gasteiger partial charge in [0, 0.05) is 0 Å². The average Bonchev–Trinajstić information content (AvgIpc) is 2.13. The van der Waals surface area contributed by atoms with Crippen molar-refractivity contribution in [2.45, 2.75) is 0 Å². The van der Waals surface area contributed by atoms with Gasteiger partial charge in [-0.25, -0.2) is 13.8 Å². The van der Waals surface area contributed by atoms with Crippen molar-refractivity contribution in [2.24, 2.45) is 0 Å². The molecule has 0 saturated carbocycles. The van der Waals surface area contributed by atoms with Crippen molar-refractivity contribution >= 4 is 51.6 Å². The van der Waals surface area contributed by atoms with E-state index in [1.807, 2.05) is 0 Å². The summed E-state index contributed by atoms with van der Waals surface area (Å²) in [5.41, 5.74) is 0. The number of nitrogens with zero attached hydrogens (tertiary/aromatic N) is 1. The number of hydrogen-bond acceptors (Lipinski definition) is 1. The van der Waals surface area contributed by atoms with Gasteiger partial charge in [-0.15, -0.1) is 0 Å². The van der Waals surface area contributed by atoms with Gasteiger partial charge >= 0.3 is 49.4 Å². The molecule has 0 unspecified atom stereocenters. The second kappa shape index (κ2) is 7.47. The molecule has 0 fully saturated rings. The van der Waals surface area contributed by atoms with Crippen molar-refractivity contribution in [1.82, 2.24) is 4.98 Å². The Kier molecular flexibility index (Phi) is 8.12. The Morgan fingerprint density at radius 3 is 1.86 bits per heavy atom. The van der Waals surface area contributed by atoms with Crippen LogP contribution in [-0.4, -0.2) is 4.98 Å². The van der Waals surface area contributed by atoms with Crippen molar-refractivity contribution in [3.05, 3.63) is 28.6 Å². The molecule has 0 aliphatic heterocycles. The van der Waals surface area contributed by atoms with Crippen LogP contribution in [-0.2, 0) is 9.47 Å². The average molecular weight is 490 g/mol. The first-order valence-electron chi connectivity index (χ1n) is 2.73. The predicted molar refractivity (Wildman–Crippen MR) is 57.1 cm³/mol. The van der Waals surface area contributed by atoms with E-state index >= 15 is 0 Å². The van der Waals surface area contributed by atoms with E-state index in [0.717, 1.165) is 0 Å². The summed E-state index contributed by atoms with van der Waals surface area (Å²) < 4.78 is 48.4. The number of hydrogen-bond donors (Lipinski definition) is 0. The Labute approximate surface area is 111 Å². The molecule has 0 spiro atoms. The zero-order valence-electron chi connectivity index (χ0n) is 6.04. The van der Waals surface area contributed by atoms with Crippen LogP contribution in [0.15, 0.2) is 0 Å². The van der Waals surface area contributed by atoms with Crippen molar-refractivity contribution in [3.8, 4) is 0 Å². The summed E-state index contributed by atoms with van der Waals surface area (Å²) in [6, 6.07) is 0. The molecule has 0 radical (unpaired) electrons. The molecular weight excluding hydrogens is 490 g/mol. The van der Waals surface area contributed by atoms with Crippen LogP contribution in [0.3, 0.4) is 0 Å². The number of aromatic nitrogens is 1.